The third-order valence-corrected chi connectivity index (χ3v) is 3.51. The van der Waals surface area contributed by atoms with Crippen molar-refractivity contribution in [3.8, 4) is 5.75 Å². The van der Waals surface area contributed by atoms with Gasteiger partial charge in [0.2, 0.25) is 0 Å². The van der Waals surface area contributed by atoms with Crippen LogP contribution in [-0.4, -0.2) is 25.6 Å². The Labute approximate surface area is 151 Å². The quantitative estimate of drug-likeness (QED) is 0.620. The zero-order valence-electron chi connectivity index (χ0n) is 13.9. The van der Waals surface area contributed by atoms with Gasteiger partial charge in [0.15, 0.2) is 0 Å². The molecule has 2 rings (SSSR count). The van der Waals surface area contributed by atoms with Gasteiger partial charge in [-0.25, -0.2) is 4.79 Å². The van der Waals surface area contributed by atoms with E-state index in [9.17, 15) is 9.59 Å². The zero-order chi connectivity index (χ0) is 18.2. The molecule has 0 aliphatic heterocycles. The predicted molar refractivity (Wildman–Crippen MR) is 98.1 cm³/mol. The van der Waals surface area contributed by atoms with Crippen molar-refractivity contribution in [2.24, 2.45) is 0 Å². The summed E-state index contributed by atoms with van der Waals surface area (Å²) >= 11 is 5.94. The van der Waals surface area contributed by atoms with Crippen molar-refractivity contribution in [1.29, 1.82) is 0 Å². The summed E-state index contributed by atoms with van der Waals surface area (Å²) in [5.41, 5.74) is 1.77. The largest absolute Gasteiger partial charge is 0.496 e. The summed E-state index contributed by atoms with van der Waals surface area (Å²) in [6, 6.07) is 11.9. The van der Waals surface area contributed by atoms with Crippen LogP contribution in [0.2, 0.25) is 5.02 Å². The lowest BCUT2D eigenvalue weighted by atomic mass is 10.1. The Morgan fingerprint density at radius 1 is 1.16 bits per heavy atom. The zero-order valence-corrected chi connectivity index (χ0v) is 14.7. The van der Waals surface area contributed by atoms with E-state index < -0.39 is 5.97 Å². The minimum atomic E-state index is -0.395. The molecule has 2 aromatic carbocycles. The van der Waals surface area contributed by atoms with Gasteiger partial charge in [0.25, 0.3) is 5.91 Å². The van der Waals surface area contributed by atoms with Crippen LogP contribution in [-0.2, 0) is 9.53 Å². The van der Waals surface area contributed by atoms with Crippen molar-refractivity contribution < 1.29 is 19.1 Å². The number of hydrogen-bond acceptors (Lipinski definition) is 4. The molecule has 6 heteroatoms. The molecule has 2 aromatic rings. The van der Waals surface area contributed by atoms with Gasteiger partial charge in [-0.3, -0.25) is 4.79 Å². The van der Waals surface area contributed by atoms with Crippen molar-refractivity contribution in [1.82, 2.24) is 0 Å². The van der Waals surface area contributed by atoms with Crippen molar-refractivity contribution in [2.75, 3.05) is 19.0 Å². The number of halogens is 1. The standard InChI is InChI=1S/C19H18ClNO4/c1-3-25-18(22)11-6-13-4-8-15(9-5-13)21-19(23)16-12-14(20)7-10-17(16)24-2/h4-12H,3H2,1-2H3,(H,21,23)/b11-6+. The highest BCUT2D eigenvalue weighted by atomic mass is 35.5. The first-order valence-electron chi connectivity index (χ1n) is 7.63. The summed E-state index contributed by atoms with van der Waals surface area (Å²) in [6.45, 7) is 2.08. The van der Waals surface area contributed by atoms with Gasteiger partial charge >= 0.3 is 5.97 Å². The number of amides is 1. The molecule has 0 aromatic heterocycles. The van der Waals surface area contributed by atoms with Crippen LogP contribution in [0.1, 0.15) is 22.8 Å². The Bertz CT molecular complexity index is 785. The fourth-order valence-corrected chi connectivity index (χ4v) is 2.26. The number of methoxy groups -OCH3 is 1. The number of rotatable bonds is 6. The maximum Gasteiger partial charge on any atom is 0.330 e. The highest BCUT2D eigenvalue weighted by molar-refractivity contribution is 6.31. The second-order valence-electron chi connectivity index (χ2n) is 5.01. The molecule has 1 N–H and O–H groups in total. The first-order chi connectivity index (χ1) is 12.0. The number of hydrogen-bond donors (Lipinski definition) is 1. The number of carbonyl (C=O) groups is 2. The fourth-order valence-electron chi connectivity index (χ4n) is 2.09. The topological polar surface area (TPSA) is 64.6 Å². The number of carbonyl (C=O) groups excluding carboxylic acids is 2. The first kappa shape index (κ1) is 18.5. The Balaban J connectivity index is 2.07. The molecule has 130 valence electrons. The molecule has 25 heavy (non-hydrogen) atoms. The molecule has 0 atom stereocenters. The van der Waals surface area contributed by atoms with Crippen LogP contribution in [0.5, 0.6) is 5.75 Å². The van der Waals surface area contributed by atoms with E-state index in [2.05, 4.69) is 5.32 Å². The SMILES string of the molecule is CCOC(=O)/C=C/c1ccc(NC(=O)c2cc(Cl)ccc2OC)cc1. The van der Waals surface area contributed by atoms with E-state index in [0.717, 1.165) is 5.56 Å². The maximum atomic E-state index is 12.4. The molecule has 0 radical (unpaired) electrons. The van der Waals surface area contributed by atoms with Crippen molar-refractivity contribution in [3.05, 3.63) is 64.7 Å². The van der Waals surface area contributed by atoms with Crippen molar-refractivity contribution in [2.45, 2.75) is 6.92 Å². The summed E-state index contributed by atoms with van der Waals surface area (Å²) in [5.74, 6) is -0.280. The first-order valence-corrected chi connectivity index (χ1v) is 8.01. The van der Waals surface area contributed by atoms with Gasteiger partial charge in [-0.1, -0.05) is 23.7 Å². The van der Waals surface area contributed by atoms with Crippen molar-refractivity contribution in [3.63, 3.8) is 0 Å². The highest BCUT2D eigenvalue weighted by Gasteiger charge is 2.13. The van der Waals surface area contributed by atoms with Gasteiger partial charge in [0.1, 0.15) is 5.75 Å². The van der Waals surface area contributed by atoms with Gasteiger partial charge in [0, 0.05) is 16.8 Å². The third-order valence-electron chi connectivity index (χ3n) is 3.27. The minimum Gasteiger partial charge on any atom is -0.496 e. The monoisotopic (exact) mass is 359 g/mol. The molecule has 5 nitrogen and oxygen atoms in total. The predicted octanol–water partition coefficient (Wildman–Crippen LogP) is 4.18. The van der Waals surface area contributed by atoms with Crippen LogP contribution in [0.25, 0.3) is 6.08 Å². The van der Waals surface area contributed by atoms with E-state index in [4.69, 9.17) is 21.1 Å². The molecule has 0 unspecified atom stereocenters. The van der Waals surface area contributed by atoms with E-state index in [0.29, 0.717) is 28.6 Å². The number of ether oxygens (including phenoxy) is 2. The van der Waals surface area contributed by atoms with Crippen LogP contribution >= 0.6 is 11.6 Å². The summed E-state index contributed by atoms with van der Waals surface area (Å²) in [7, 11) is 1.49. The molecule has 0 aliphatic rings. The number of esters is 1. The van der Waals surface area contributed by atoms with Gasteiger partial charge in [-0.15, -0.1) is 0 Å². The molecular weight excluding hydrogens is 342 g/mol. The number of anilines is 1. The lowest BCUT2D eigenvalue weighted by Gasteiger charge is -2.10. The van der Waals surface area contributed by atoms with E-state index >= 15 is 0 Å². The maximum absolute atomic E-state index is 12.4. The Kier molecular flexibility index (Phi) is 6.60. The Morgan fingerprint density at radius 2 is 1.88 bits per heavy atom. The van der Waals surface area contributed by atoms with Crippen LogP contribution in [0.3, 0.4) is 0 Å². The Hall–Kier alpha value is -2.79. The second kappa shape index (κ2) is 8.89. The summed E-state index contributed by atoms with van der Waals surface area (Å²) < 4.78 is 10.00. The van der Waals surface area contributed by atoms with E-state index in [1.165, 1.54) is 13.2 Å². The van der Waals surface area contributed by atoms with Crippen LogP contribution in [0, 0.1) is 0 Å². The third kappa shape index (κ3) is 5.36. The van der Waals surface area contributed by atoms with E-state index in [1.54, 1.807) is 55.5 Å². The summed E-state index contributed by atoms with van der Waals surface area (Å²) in [4.78, 5) is 23.7. The van der Waals surface area contributed by atoms with Crippen LogP contribution in [0.4, 0.5) is 5.69 Å². The van der Waals surface area contributed by atoms with Crippen LogP contribution < -0.4 is 10.1 Å². The molecule has 0 spiro atoms. The van der Waals surface area contributed by atoms with Crippen LogP contribution in [0.15, 0.2) is 48.5 Å². The van der Waals surface area contributed by atoms with E-state index in [1.807, 2.05) is 0 Å². The average molecular weight is 360 g/mol. The molecule has 1 amide bonds. The molecule has 0 heterocycles. The smallest absolute Gasteiger partial charge is 0.330 e. The molecule has 0 saturated carbocycles. The minimum absolute atomic E-state index is 0.325. The molecule has 0 saturated heterocycles. The van der Waals surface area contributed by atoms with Gasteiger partial charge in [-0.05, 0) is 48.9 Å². The molecule has 0 fully saturated rings. The molecule has 0 bridgehead atoms. The lowest BCUT2D eigenvalue weighted by molar-refractivity contribution is -0.137. The Morgan fingerprint density at radius 3 is 2.52 bits per heavy atom. The van der Waals surface area contributed by atoms with Gasteiger partial charge < -0.3 is 14.8 Å². The van der Waals surface area contributed by atoms with Gasteiger partial charge in [0.05, 0.1) is 19.3 Å². The summed E-state index contributed by atoms with van der Waals surface area (Å²) in [5, 5.41) is 3.23. The molecule has 0 aliphatic carbocycles. The highest BCUT2D eigenvalue weighted by Crippen LogP contribution is 2.24. The fraction of sp³-hybridized carbons (Fsp3) is 0.158. The van der Waals surface area contributed by atoms with E-state index in [-0.39, 0.29) is 5.91 Å². The second-order valence-corrected chi connectivity index (χ2v) is 5.44. The molecular formula is C19H18ClNO4. The average Bonchev–Trinajstić information content (AvgIpc) is 2.61. The summed E-state index contributed by atoms with van der Waals surface area (Å²) in [6.07, 6.45) is 3.00. The van der Waals surface area contributed by atoms with Gasteiger partial charge in [-0.2, -0.15) is 0 Å². The normalized spacial score (nSPS) is 10.5. The number of nitrogens with one attached hydrogen (secondary N) is 1. The number of benzene rings is 2. The van der Waals surface area contributed by atoms with Crippen molar-refractivity contribution >= 4 is 35.2 Å². The lowest BCUT2D eigenvalue weighted by Crippen LogP contribution is -2.13.